The van der Waals surface area contributed by atoms with E-state index in [4.69, 9.17) is 0 Å². The molecule has 0 aromatic heterocycles. The average Bonchev–Trinajstić information content (AvgIpc) is 2.53. The lowest BCUT2D eigenvalue weighted by molar-refractivity contribution is 0.167. The maximum absolute atomic E-state index is 4.38. The second-order valence-electron chi connectivity index (χ2n) is 6.90. The molecule has 136 valence electrons. The number of benzene rings is 1. The fraction of sp³-hybridized carbons (Fsp3) is 0.632. The van der Waals surface area contributed by atoms with E-state index in [0.717, 1.165) is 12.5 Å². The molecule has 0 spiro atoms. The van der Waals surface area contributed by atoms with Gasteiger partial charge in [0.05, 0.1) is 0 Å². The molecule has 1 heterocycles. The van der Waals surface area contributed by atoms with Crippen LogP contribution in [0.2, 0.25) is 0 Å². The summed E-state index contributed by atoms with van der Waals surface area (Å²) >= 11 is 0. The average molecular weight is 444 g/mol. The standard InChI is InChI=1S/C19H32N4.HI/c1-14(2)23-10-8-18(9-11-23)22-19(20-5)21-13-17-7-6-15(3)12-16(17)4;/h6-7,12,14,18H,8-11,13H2,1-5H3,(H2,20,21,22);1H. The van der Waals surface area contributed by atoms with Gasteiger partial charge in [-0.25, -0.2) is 0 Å². The summed E-state index contributed by atoms with van der Waals surface area (Å²) < 4.78 is 0. The van der Waals surface area contributed by atoms with Gasteiger partial charge in [-0.1, -0.05) is 23.8 Å². The van der Waals surface area contributed by atoms with Gasteiger partial charge < -0.3 is 15.5 Å². The van der Waals surface area contributed by atoms with E-state index in [2.05, 4.69) is 66.4 Å². The molecule has 1 aromatic carbocycles. The highest BCUT2D eigenvalue weighted by Gasteiger charge is 2.21. The quantitative estimate of drug-likeness (QED) is 0.425. The van der Waals surface area contributed by atoms with E-state index in [1.54, 1.807) is 0 Å². The van der Waals surface area contributed by atoms with Crippen LogP contribution in [0.15, 0.2) is 23.2 Å². The number of likely N-dealkylation sites (tertiary alicyclic amines) is 1. The van der Waals surface area contributed by atoms with Crippen molar-refractivity contribution in [3.63, 3.8) is 0 Å². The van der Waals surface area contributed by atoms with Crippen molar-refractivity contribution in [1.29, 1.82) is 0 Å². The lowest BCUT2D eigenvalue weighted by Gasteiger charge is -2.35. The van der Waals surface area contributed by atoms with Crippen molar-refractivity contribution in [3.05, 3.63) is 34.9 Å². The van der Waals surface area contributed by atoms with Gasteiger partial charge in [-0.2, -0.15) is 0 Å². The second-order valence-corrected chi connectivity index (χ2v) is 6.90. The number of guanidine groups is 1. The van der Waals surface area contributed by atoms with Gasteiger partial charge in [-0.3, -0.25) is 4.99 Å². The van der Waals surface area contributed by atoms with Gasteiger partial charge in [0.25, 0.3) is 0 Å². The summed E-state index contributed by atoms with van der Waals surface area (Å²) in [5.74, 6) is 0.910. The van der Waals surface area contributed by atoms with Crippen molar-refractivity contribution in [3.8, 4) is 0 Å². The lowest BCUT2D eigenvalue weighted by Crippen LogP contribution is -2.49. The Bertz CT molecular complexity index is 534. The van der Waals surface area contributed by atoms with E-state index in [-0.39, 0.29) is 24.0 Å². The molecule has 0 radical (unpaired) electrons. The van der Waals surface area contributed by atoms with Crippen molar-refractivity contribution in [2.75, 3.05) is 20.1 Å². The zero-order valence-electron chi connectivity index (χ0n) is 15.7. The molecule has 2 N–H and O–H groups in total. The fourth-order valence-electron chi connectivity index (χ4n) is 3.17. The summed E-state index contributed by atoms with van der Waals surface area (Å²) in [4.78, 5) is 6.93. The first-order valence-electron chi connectivity index (χ1n) is 8.77. The summed E-state index contributed by atoms with van der Waals surface area (Å²) in [7, 11) is 1.85. The Balaban J connectivity index is 0.00000288. The highest BCUT2D eigenvalue weighted by atomic mass is 127. The van der Waals surface area contributed by atoms with Crippen LogP contribution in [-0.2, 0) is 6.54 Å². The third-order valence-electron chi connectivity index (χ3n) is 4.77. The Hall–Kier alpha value is -0.820. The number of hydrogen-bond acceptors (Lipinski definition) is 2. The molecule has 1 aromatic rings. The molecule has 0 amide bonds. The minimum atomic E-state index is 0. The molecule has 1 fully saturated rings. The van der Waals surface area contributed by atoms with Crippen molar-refractivity contribution >= 4 is 29.9 Å². The van der Waals surface area contributed by atoms with E-state index in [1.165, 1.54) is 42.6 Å². The number of halogens is 1. The highest BCUT2D eigenvalue weighted by Crippen LogP contribution is 2.13. The molecule has 0 atom stereocenters. The van der Waals surface area contributed by atoms with Crippen LogP contribution in [0.3, 0.4) is 0 Å². The molecule has 1 aliphatic rings. The SMILES string of the molecule is CN=C(NCc1ccc(C)cc1C)NC1CCN(C(C)C)CC1.I. The molecule has 1 aliphatic heterocycles. The minimum Gasteiger partial charge on any atom is -0.354 e. The van der Waals surface area contributed by atoms with Gasteiger partial charge >= 0.3 is 0 Å². The van der Waals surface area contributed by atoms with E-state index < -0.39 is 0 Å². The van der Waals surface area contributed by atoms with Crippen molar-refractivity contribution in [2.45, 2.75) is 59.2 Å². The number of aliphatic imine (C=N–C) groups is 1. The van der Waals surface area contributed by atoms with Crippen LogP contribution < -0.4 is 10.6 Å². The van der Waals surface area contributed by atoms with Gasteiger partial charge in [0, 0.05) is 38.8 Å². The van der Waals surface area contributed by atoms with Gasteiger partial charge in [-0.15, -0.1) is 24.0 Å². The van der Waals surface area contributed by atoms with Crippen LogP contribution in [0.1, 0.15) is 43.4 Å². The summed E-state index contributed by atoms with van der Waals surface area (Å²) in [5.41, 5.74) is 3.97. The molecule has 0 bridgehead atoms. The molecule has 0 aliphatic carbocycles. The van der Waals surface area contributed by atoms with Crippen LogP contribution in [0.5, 0.6) is 0 Å². The van der Waals surface area contributed by atoms with E-state index in [1.807, 2.05) is 7.05 Å². The largest absolute Gasteiger partial charge is 0.354 e. The summed E-state index contributed by atoms with van der Waals surface area (Å²) in [6.07, 6.45) is 2.37. The number of rotatable bonds is 4. The van der Waals surface area contributed by atoms with Crippen LogP contribution in [0.25, 0.3) is 0 Å². The maximum Gasteiger partial charge on any atom is 0.191 e. The number of piperidine rings is 1. The molecule has 0 unspecified atom stereocenters. The Morgan fingerprint density at radius 1 is 1.25 bits per heavy atom. The normalized spacial score (nSPS) is 16.8. The van der Waals surface area contributed by atoms with E-state index in [9.17, 15) is 0 Å². The second kappa shape index (κ2) is 10.2. The number of nitrogens with one attached hydrogen (secondary N) is 2. The van der Waals surface area contributed by atoms with Crippen molar-refractivity contribution in [2.24, 2.45) is 4.99 Å². The Kier molecular flexibility index (Phi) is 9.05. The van der Waals surface area contributed by atoms with Crippen LogP contribution in [0.4, 0.5) is 0 Å². The number of nitrogens with zero attached hydrogens (tertiary/aromatic N) is 2. The summed E-state index contributed by atoms with van der Waals surface area (Å²) in [6.45, 7) is 12.0. The molecule has 5 heteroatoms. The topological polar surface area (TPSA) is 39.7 Å². The van der Waals surface area contributed by atoms with Crippen molar-refractivity contribution < 1.29 is 0 Å². The van der Waals surface area contributed by atoms with Crippen LogP contribution >= 0.6 is 24.0 Å². The van der Waals surface area contributed by atoms with E-state index in [0.29, 0.717) is 12.1 Å². The molecule has 0 saturated carbocycles. The monoisotopic (exact) mass is 444 g/mol. The first-order chi connectivity index (χ1) is 11.0. The van der Waals surface area contributed by atoms with Gasteiger partial charge in [0.15, 0.2) is 5.96 Å². The zero-order chi connectivity index (χ0) is 16.8. The third-order valence-corrected chi connectivity index (χ3v) is 4.77. The highest BCUT2D eigenvalue weighted by molar-refractivity contribution is 14.0. The summed E-state index contributed by atoms with van der Waals surface area (Å²) in [5, 5.41) is 7.03. The smallest absolute Gasteiger partial charge is 0.191 e. The first kappa shape index (κ1) is 21.2. The Labute approximate surface area is 164 Å². The van der Waals surface area contributed by atoms with Crippen molar-refractivity contribution in [1.82, 2.24) is 15.5 Å². The number of hydrogen-bond donors (Lipinski definition) is 2. The molecule has 24 heavy (non-hydrogen) atoms. The predicted octanol–water partition coefficient (Wildman–Crippen LogP) is 3.46. The fourth-order valence-corrected chi connectivity index (χ4v) is 3.17. The van der Waals surface area contributed by atoms with Crippen LogP contribution in [0, 0.1) is 13.8 Å². The third kappa shape index (κ3) is 6.24. The van der Waals surface area contributed by atoms with Gasteiger partial charge in [0.2, 0.25) is 0 Å². The van der Waals surface area contributed by atoms with Gasteiger partial charge in [0.1, 0.15) is 0 Å². The first-order valence-corrected chi connectivity index (χ1v) is 8.77. The molecule has 1 saturated heterocycles. The molecular weight excluding hydrogens is 411 g/mol. The Morgan fingerprint density at radius 2 is 1.92 bits per heavy atom. The van der Waals surface area contributed by atoms with E-state index >= 15 is 0 Å². The maximum atomic E-state index is 4.38. The number of aryl methyl sites for hydroxylation is 2. The Morgan fingerprint density at radius 3 is 2.46 bits per heavy atom. The lowest BCUT2D eigenvalue weighted by atomic mass is 10.0. The minimum absolute atomic E-state index is 0. The van der Waals surface area contributed by atoms with Gasteiger partial charge in [-0.05, 0) is 51.7 Å². The zero-order valence-corrected chi connectivity index (χ0v) is 18.1. The molecular formula is C19H33IN4. The summed E-state index contributed by atoms with van der Waals surface area (Å²) in [6, 6.07) is 7.77. The van der Waals surface area contributed by atoms with Crippen LogP contribution in [-0.4, -0.2) is 43.1 Å². The predicted molar refractivity (Wildman–Crippen MR) is 114 cm³/mol. The molecule has 2 rings (SSSR count). The molecule has 4 nitrogen and oxygen atoms in total.